The van der Waals surface area contributed by atoms with Crippen molar-refractivity contribution in [3.63, 3.8) is 0 Å². The average Bonchev–Trinajstić information content (AvgIpc) is 3.52. The monoisotopic (exact) mass is 558 g/mol. The van der Waals surface area contributed by atoms with Crippen LogP contribution >= 0.6 is 0 Å². The van der Waals surface area contributed by atoms with E-state index in [0.29, 0.717) is 41.8 Å². The molecule has 2 aromatic carbocycles. The van der Waals surface area contributed by atoms with Crippen LogP contribution in [0.3, 0.4) is 0 Å². The van der Waals surface area contributed by atoms with Gasteiger partial charge >= 0.3 is 0 Å². The van der Waals surface area contributed by atoms with Crippen LogP contribution in [0.2, 0.25) is 0 Å². The molecule has 1 saturated heterocycles. The second kappa shape index (κ2) is 11.4. The first-order valence-corrected chi connectivity index (χ1v) is 15.5. The fourth-order valence-electron chi connectivity index (χ4n) is 5.60. The van der Waals surface area contributed by atoms with Crippen molar-refractivity contribution in [3.05, 3.63) is 66.5 Å². The van der Waals surface area contributed by atoms with Gasteiger partial charge in [0.05, 0.1) is 22.2 Å². The maximum atomic E-state index is 13.1. The maximum absolute atomic E-state index is 13.1. The molecule has 3 heterocycles. The van der Waals surface area contributed by atoms with E-state index in [1.54, 1.807) is 18.5 Å². The zero-order valence-corrected chi connectivity index (χ0v) is 23.4. The van der Waals surface area contributed by atoms with Crippen LogP contribution in [0.15, 0.2) is 60.9 Å². The summed E-state index contributed by atoms with van der Waals surface area (Å²) in [5.41, 5.74) is 2.91. The molecule has 1 saturated carbocycles. The lowest BCUT2D eigenvalue weighted by Gasteiger charge is -2.23. The number of aryl methyl sites for hydroxylation is 1. The van der Waals surface area contributed by atoms with Gasteiger partial charge in [-0.05, 0) is 69.0 Å². The summed E-state index contributed by atoms with van der Waals surface area (Å²) < 4.78 is 35.5. The third-order valence-corrected chi connectivity index (χ3v) is 9.59. The van der Waals surface area contributed by atoms with E-state index in [9.17, 15) is 8.42 Å². The van der Waals surface area contributed by atoms with Crippen LogP contribution in [0, 0.1) is 6.92 Å². The van der Waals surface area contributed by atoms with Gasteiger partial charge in [-0.15, -0.1) is 0 Å². The van der Waals surface area contributed by atoms with Gasteiger partial charge in [-0.2, -0.15) is 0 Å². The first kappa shape index (κ1) is 26.5. The minimum Gasteiger partial charge on any atom is -0.437 e. The van der Waals surface area contributed by atoms with Gasteiger partial charge < -0.3 is 15.4 Å². The van der Waals surface area contributed by atoms with Crippen LogP contribution in [0.1, 0.15) is 44.1 Å². The van der Waals surface area contributed by atoms with Crippen LogP contribution in [0.5, 0.6) is 11.6 Å². The molecular formula is C30H34N6O3S. The Bertz CT molecular complexity index is 1620. The average molecular weight is 559 g/mol. The molecule has 40 heavy (non-hydrogen) atoms. The molecule has 9 nitrogen and oxygen atoms in total. The van der Waals surface area contributed by atoms with E-state index in [-0.39, 0.29) is 11.3 Å². The van der Waals surface area contributed by atoms with Gasteiger partial charge in [0.25, 0.3) is 0 Å². The number of benzene rings is 2. The Morgan fingerprint density at radius 3 is 2.62 bits per heavy atom. The zero-order chi connectivity index (χ0) is 27.5. The minimum absolute atomic E-state index is 0.284. The second-order valence-corrected chi connectivity index (χ2v) is 12.5. The maximum Gasteiger partial charge on any atom is 0.235 e. The number of hydrogen-bond donors (Lipinski definition) is 3. The van der Waals surface area contributed by atoms with E-state index in [1.165, 1.54) is 0 Å². The van der Waals surface area contributed by atoms with Crippen molar-refractivity contribution in [2.45, 2.75) is 56.7 Å². The number of rotatable bonds is 8. The molecule has 2 aliphatic rings. The number of nitrogens with one attached hydrogen (secondary N) is 3. The molecule has 0 radical (unpaired) electrons. The Balaban J connectivity index is 1.32. The molecule has 1 aliphatic carbocycles. The van der Waals surface area contributed by atoms with E-state index >= 15 is 0 Å². The van der Waals surface area contributed by atoms with Gasteiger partial charge in [-0.1, -0.05) is 37.1 Å². The van der Waals surface area contributed by atoms with Gasteiger partial charge in [0.15, 0.2) is 0 Å². The predicted octanol–water partition coefficient (Wildman–Crippen LogP) is 5.64. The molecule has 2 aromatic heterocycles. The summed E-state index contributed by atoms with van der Waals surface area (Å²) in [4.78, 5) is 13.8. The fourth-order valence-corrected chi connectivity index (χ4v) is 7.20. The van der Waals surface area contributed by atoms with Crippen LogP contribution < -0.4 is 20.1 Å². The van der Waals surface area contributed by atoms with E-state index in [4.69, 9.17) is 9.72 Å². The van der Waals surface area contributed by atoms with Gasteiger partial charge in [-0.25, -0.2) is 23.4 Å². The van der Waals surface area contributed by atoms with Crippen LogP contribution in [-0.2, 0) is 10.0 Å². The van der Waals surface area contributed by atoms with E-state index in [0.717, 1.165) is 60.7 Å². The number of hydrogen-bond acceptors (Lipinski definition) is 8. The summed E-state index contributed by atoms with van der Waals surface area (Å²) in [5, 5.41) is 8.07. The number of sulfonamides is 1. The third kappa shape index (κ3) is 5.59. The summed E-state index contributed by atoms with van der Waals surface area (Å²) in [6.45, 7) is 3.89. The van der Waals surface area contributed by atoms with Gasteiger partial charge in [0, 0.05) is 35.8 Å². The third-order valence-electron chi connectivity index (χ3n) is 7.73. The molecule has 0 spiro atoms. The number of nitrogens with zero attached hydrogens (tertiary/aromatic N) is 3. The second-order valence-electron chi connectivity index (χ2n) is 10.6. The Hall–Kier alpha value is -3.76. The quantitative estimate of drug-likeness (QED) is 0.254. The lowest BCUT2D eigenvalue weighted by Crippen LogP contribution is -2.38. The highest BCUT2D eigenvalue weighted by molar-refractivity contribution is 7.93. The van der Waals surface area contributed by atoms with Crippen LogP contribution in [0.4, 0.5) is 11.6 Å². The number of anilines is 2. The molecule has 2 fully saturated rings. The van der Waals surface area contributed by atoms with Gasteiger partial charge in [-0.3, -0.25) is 4.72 Å². The molecule has 6 rings (SSSR count). The fraction of sp³-hybridized carbons (Fsp3) is 0.367. The van der Waals surface area contributed by atoms with Crippen molar-refractivity contribution in [2.75, 3.05) is 23.1 Å². The van der Waals surface area contributed by atoms with Crippen molar-refractivity contribution < 1.29 is 13.2 Å². The highest BCUT2D eigenvalue weighted by atomic mass is 32.2. The highest BCUT2D eigenvalue weighted by Crippen LogP contribution is 2.39. The molecular weight excluding hydrogens is 524 g/mol. The number of ether oxygens (including phenoxy) is 1. The van der Waals surface area contributed by atoms with Crippen molar-refractivity contribution in [2.24, 2.45) is 0 Å². The van der Waals surface area contributed by atoms with Crippen molar-refractivity contribution in [3.8, 4) is 22.9 Å². The largest absolute Gasteiger partial charge is 0.437 e. The number of piperidine rings is 1. The van der Waals surface area contributed by atoms with Crippen LogP contribution in [-0.4, -0.2) is 47.8 Å². The molecule has 3 N–H and O–H groups in total. The molecule has 4 aromatic rings. The summed E-state index contributed by atoms with van der Waals surface area (Å²) in [7, 11) is -3.47. The summed E-state index contributed by atoms with van der Waals surface area (Å²) >= 11 is 0. The molecule has 208 valence electrons. The molecule has 0 amide bonds. The number of aromatic nitrogens is 3. The normalized spacial score (nSPS) is 18.1. The van der Waals surface area contributed by atoms with Crippen molar-refractivity contribution >= 4 is 32.4 Å². The van der Waals surface area contributed by atoms with E-state index in [1.807, 2.05) is 49.4 Å². The SMILES string of the molecule is Cc1ccc2c(NS(=O)(=O)C3CCCC3)cccc2c1Oc1ncccc1-c1ccnc(NC2CCCNC2)n1. The molecule has 1 unspecified atom stereocenters. The van der Waals surface area contributed by atoms with Gasteiger partial charge in [0.1, 0.15) is 5.75 Å². The first-order chi connectivity index (χ1) is 19.5. The highest BCUT2D eigenvalue weighted by Gasteiger charge is 2.29. The molecule has 1 aliphatic heterocycles. The van der Waals surface area contributed by atoms with Gasteiger partial charge in [0.2, 0.25) is 21.9 Å². The van der Waals surface area contributed by atoms with E-state index < -0.39 is 10.0 Å². The molecule has 1 atom stereocenters. The lowest BCUT2D eigenvalue weighted by molar-refractivity contribution is 0.466. The Morgan fingerprint density at radius 1 is 0.925 bits per heavy atom. The predicted molar refractivity (Wildman–Crippen MR) is 158 cm³/mol. The molecule has 10 heteroatoms. The Kier molecular flexibility index (Phi) is 7.53. The zero-order valence-electron chi connectivity index (χ0n) is 22.6. The van der Waals surface area contributed by atoms with E-state index in [2.05, 4.69) is 25.3 Å². The number of pyridine rings is 1. The molecule has 0 bridgehead atoms. The van der Waals surface area contributed by atoms with Crippen LogP contribution in [0.25, 0.3) is 22.0 Å². The number of fused-ring (bicyclic) bond motifs is 1. The summed E-state index contributed by atoms with van der Waals surface area (Å²) in [6, 6.07) is 15.4. The Labute approximate surface area is 234 Å². The minimum atomic E-state index is -3.47. The lowest BCUT2D eigenvalue weighted by atomic mass is 10.0. The van der Waals surface area contributed by atoms with Crippen molar-refractivity contribution in [1.82, 2.24) is 20.3 Å². The standard InChI is InChI=1S/C30H34N6O3S/c1-20-13-14-23-24(10-4-12-27(23)36-40(37,38)22-8-2-3-9-22)28(20)39-29-25(11-6-17-32-29)26-15-18-33-30(35-26)34-21-7-5-16-31-19-21/h4,6,10-15,17-18,21-22,31,36H,2-3,5,7-9,16,19H2,1H3,(H,33,34,35). The van der Waals surface area contributed by atoms with Crippen molar-refractivity contribution in [1.29, 1.82) is 0 Å². The topological polar surface area (TPSA) is 118 Å². The first-order valence-electron chi connectivity index (χ1n) is 14.0. The summed E-state index contributed by atoms with van der Waals surface area (Å²) in [6.07, 6.45) is 8.92. The smallest absolute Gasteiger partial charge is 0.235 e. The summed E-state index contributed by atoms with van der Waals surface area (Å²) in [5.74, 6) is 1.61. The Morgan fingerprint density at radius 2 is 1.80 bits per heavy atom.